The first-order valence-electron chi connectivity index (χ1n) is 8.56. The Kier molecular flexibility index (Phi) is 6.53. The number of hydrogen-bond donors (Lipinski definition) is 0. The molecule has 0 aromatic heterocycles. The Morgan fingerprint density at radius 2 is 1.77 bits per heavy atom. The van der Waals surface area contributed by atoms with Crippen molar-refractivity contribution in [2.75, 3.05) is 26.2 Å². The highest BCUT2D eigenvalue weighted by Gasteiger charge is 2.28. The van der Waals surface area contributed by atoms with Crippen LogP contribution in [0.5, 0.6) is 0 Å². The predicted octanol–water partition coefficient (Wildman–Crippen LogP) is 3.71. The van der Waals surface area contributed by atoms with Gasteiger partial charge in [-0.05, 0) is 61.4 Å². The summed E-state index contributed by atoms with van der Waals surface area (Å²) in [5.41, 5.74) is 0.477. The molecule has 0 spiro atoms. The fourth-order valence-corrected chi connectivity index (χ4v) is 3.47. The minimum Gasteiger partial charge on any atom is -0.445 e. The van der Waals surface area contributed by atoms with Crippen LogP contribution in [-0.2, 0) is 11.3 Å². The Labute approximate surface area is 166 Å². The summed E-state index contributed by atoms with van der Waals surface area (Å²) < 4.78 is 45.4. The van der Waals surface area contributed by atoms with Crippen molar-refractivity contribution in [3.8, 4) is 0 Å². The first-order chi connectivity index (χ1) is 11.9. The number of rotatable bonds is 3. The number of carbonyl (C=O) groups excluding carboxylic acids is 1. The van der Waals surface area contributed by atoms with Crippen LogP contribution in [0.4, 0.5) is 17.7 Å². The van der Waals surface area contributed by atoms with Gasteiger partial charge in [0.2, 0.25) is 0 Å². The summed E-state index contributed by atoms with van der Waals surface area (Å²) in [6.45, 7) is 4.97. The largest absolute Gasteiger partial charge is 0.509 e. The van der Waals surface area contributed by atoms with E-state index in [0.717, 1.165) is 5.56 Å². The monoisotopic (exact) mass is 483 g/mol. The maximum absolute atomic E-state index is 13.1. The Bertz CT molecular complexity index is 669. The molecule has 1 saturated heterocycles. The maximum Gasteiger partial charge on any atom is 0.509 e. The average Bonchev–Trinajstić information content (AvgIpc) is 2.49. The van der Waals surface area contributed by atoms with Gasteiger partial charge in [0.25, 0.3) is 0 Å². The molecule has 0 aliphatic carbocycles. The molecular weight excluding hydrogens is 459 g/mol. The van der Waals surface area contributed by atoms with Crippen LogP contribution in [-0.4, -0.2) is 54.7 Å². The number of amides is 1. The van der Waals surface area contributed by atoms with Crippen LogP contribution >= 0.6 is 22.6 Å². The molecular formula is C17H24BF3IN2O2-. The van der Waals surface area contributed by atoms with Crippen LogP contribution < -0.4 is 5.46 Å². The first-order valence-corrected chi connectivity index (χ1v) is 9.64. The molecule has 4 nitrogen and oxygen atoms in total. The normalized spacial score (nSPS) is 16.7. The third kappa shape index (κ3) is 5.77. The second-order valence-electron chi connectivity index (χ2n) is 7.61. The SMILES string of the molecule is Cc1c(I)cc([B-](F)(F)F)cc1CN1CCN(C(=O)OC(C)(C)C)CC1. The van der Waals surface area contributed by atoms with E-state index >= 15 is 0 Å². The molecule has 0 N–H and O–H groups in total. The summed E-state index contributed by atoms with van der Waals surface area (Å²) in [4.78, 5) is 15.8. The van der Waals surface area contributed by atoms with Gasteiger partial charge < -0.3 is 22.6 Å². The van der Waals surface area contributed by atoms with E-state index in [-0.39, 0.29) is 6.09 Å². The van der Waals surface area contributed by atoms with Crippen molar-refractivity contribution < 1.29 is 22.5 Å². The van der Waals surface area contributed by atoms with Crippen molar-refractivity contribution >= 4 is 41.1 Å². The molecule has 1 amide bonds. The Balaban J connectivity index is 2.02. The smallest absolute Gasteiger partial charge is 0.445 e. The standard InChI is InChI=1S/C17H24BF3IN2O2/c1-12-13(9-14(10-15(12)22)18(19,20)21)11-23-5-7-24(8-6-23)16(25)26-17(2,3)4/h9-10H,5-8,11H2,1-4H3/q-1. The van der Waals surface area contributed by atoms with E-state index in [4.69, 9.17) is 4.74 Å². The molecule has 1 aliphatic heterocycles. The molecule has 1 aromatic rings. The zero-order valence-corrected chi connectivity index (χ0v) is 17.6. The van der Waals surface area contributed by atoms with Crippen molar-refractivity contribution in [3.63, 3.8) is 0 Å². The second-order valence-corrected chi connectivity index (χ2v) is 8.77. The van der Waals surface area contributed by atoms with Crippen LogP contribution in [0, 0.1) is 10.5 Å². The number of benzene rings is 1. The van der Waals surface area contributed by atoms with E-state index in [1.54, 1.807) is 4.90 Å². The molecule has 0 bridgehead atoms. The molecule has 1 aliphatic rings. The van der Waals surface area contributed by atoms with Gasteiger partial charge in [0.15, 0.2) is 0 Å². The van der Waals surface area contributed by atoms with Crippen LogP contribution in [0.2, 0.25) is 0 Å². The van der Waals surface area contributed by atoms with Gasteiger partial charge >= 0.3 is 13.1 Å². The highest BCUT2D eigenvalue weighted by Crippen LogP contribution is 2.21. The highest BCUT2D eigenvalue weighted by atomic mass is 127. The van der Waals surface area contributed by atoms with Crippen molar-refractivity contribution in [1.29, 1.82) is 0 Å². The quantitative estimate of drug-likeness (QED) is 0.486. The van der Waals surface area contributed by atoms with Gasteiger partial charge in [0, 0.05) is 36.3 Å². The summed E-state index contributed by atoms with van der Waals surface area (Å²) >= 11 is 1.96. The van der Waals surface area contributed by atoms with Gasteiger partial charge in [-0.25, -0.2) is 4.79 Å². The number of nitrogens with zero attached hydrogens (tertiary/aromatic N) is 2. The molecule has 9 heteroatoms. The summed E-state index contributed by atoms with van der Waals surface area (Å²) in [6, 6.07) is 2.47. The molecule has 146 valence electrons. The van der Waals surface area contributed by atoms with E-state index in [1.165, 1.54) is 12.1 Å². The summed E-state index contributed by atoms with van der Waals surface area (Å²) in [5, 5.41) is 0. The lowest BCUT2D eigenvalue weighted by Crippen LogP contribution is -2.49. The molecule has 1 fully saturated rings. The average molecular weight is 483 g/mol. The maximum atomic E-state index is 13.1. The number of piperazine rings is 1. The van der Waals surface area contributed by atoms with E-state index < -0.39 is 18.0 Å². The van der Waals surface area contributed by atoms with E-state index in [1.807, 2.05) is 50.3 Å². The fraction of sp³-hybridized carbons (Fsp3) is 0.588. The van der Waals surface area contributed by atoms with Crippen LogP contribution in [0.3, 0.4) is 0 Å². The van der Waals surface area contributed by atoms with Gasteiger partial charge in [0.05, 0.1) is 0 Å². The van der Waals surface area contributed by atoms with E-state index in [9.17, 15) is 17.7 Å². The van der Waals surface area contributed by atoms with Gasteiger partial charge in [-0.3, -0.25) is 4.90 Å². The molecule has 2 rings (SSSR count). The summed E-state index contributed by atoms with van der Waals surface area (Å²) in [7, 11) is 0. The van der Waals surface area contributed by atoms with Crippen molar-refractivity contribution in [2.24, 2.45) is 0 Å². The molecule has 0 saturated carbocycles. The molecule has 0 atom stereocenters. The number of halogens is 4. The van der Waals surface area contributed by atoms with Crippen LogP contribution in [0.15, 0.2) is 12.1 Å². The lowest BCUT2D eigenvalue weighted by Gasteiger charge is -2.36. The fourth-order valence-electron chi connectivity index (χ4n) is 2.77. The van der Waals surface area contributed by atoms with Crippen LogP contribution in [0.25, 0.3) is 0 Å². The Morgan fingerprint density at radius 1 is 1.19 bits per heavy atom. The summed E-state index contributed by atoms with van der Waals surface area (Å²) in [5.74, 6) is 0. The minimum atomic E-state index is -5.01. The lowest BCUT2D eigenvalue weighted by molar-refractivity contribution is 0.0139. The number of hydrogen-bond acceptors (Lipinski definition) is 3. The van der Waals surface area contributed by atoms with Gasteiger partial charge in [-0.1, -0.05) is 12.1 Å². The third-order valence-corrected chi connectivity index (χ3v) is 5.39. The minimum absolute atomic E-state index is 0.343. The first kappa shape index (κ1) is 21.3. The zero-order valence-electron chi connectivity index (χ0n) is 15.5. The molecule has 1 heterocycles. The van der Waals surface area contributed by atoms with Gasteiger partial charge in [-0.2, -0.15) is 0 Å². The van der Waals surface area contributed by atoms with Crippen molar-refractivity contribution in [2.45, 2.75) is 39.8 Å². The third-order valence-electron chi connectivity index (χ3n) is 4.27. The summed E-state index contributed by atoms with van der Waals surface area (Å²) in [6.07, 6.45) is -0.343. The number of ether oxygens (including phenoxy) is 1. The topological polar surface area (TPSA) is 32.8 Å². The van der Waals surface area contributed by atoms with E-state index in [2.05, 4.69) is 4.90 Å². The lowest BCUT2D eigenvalue weighted by atomic mass is 9.78. The number of carbonyl (C=O) groups is 1. The van der Waals surface area contributed by atoms with Gasteiger partial charge in [0.1, 0.15) is 5.60 Å². The Hall–Kier alpha value is -0.965. The Morgan fingerprint density at radius 3 is 2.27 bits per heavy atom. The van der Waals surface area contributed by atoms with E-state index in [0.29, 0.717) is 41.9 Å². The molecule has 1 aromatic carbocycles. The zero-order chi connectivity index (χ0) is 19.7. The van der Waals surface area contributed by atoms with Gasteiger partial charge in [-0.15, -0.1) is 5.46 Å². The van der Waals surface area contributed by atoms with Crippen molar-refractivity contribution in [3.05, 3.63) is 26.8 Å². The van der Waals surface area contributed by atoms with Crippen molar-refractivity contribution in [1.82, 2.24) is 9.80 Å². The highest BCUT2D eigenvalue weighted by molar-refractivity contribution is 14.1. The second kappa shape index (κ2) is 7.96. The molecule has 0 unspecified atom stereocenters. The predicted molar refractivity (Wildman–Crippen MR) is 106 cm³/mol. The molecule has 26 heavy (non-hydrogen) atoms. The van der Waals surface area contributed by atoms with Crippen LogP contribution in [0.1, 0.15) is 31.9 Å². The molecule has 0 radical (unpaired) electrons.